The van der Waals surface area contributed by atoms with Gasteiger partial charge in [-0.25, -0.2) is 0 Å². The molecule has 0 saturated heterocycles. The molecule has 6 atom stereocenters. The second-order valence-corrected chi connectivity index (χ2v) is 9.62. The minimum absolute atomic E-state index is 0. The number of rotatable bonds is 1. The molecule has 2 N–H and O–H groups in total. The van der Waals surface area contributed by atoms with Gasteiger partial charge in [-0.2, -0.15) is 0 Å². The summed E-state index contributed by atoms with van der Waals surface area (Å²) >= 11 is 0. The molecule has 0 unspecified atom stereocenters. The van der Waals surface area contributed by atoms with Crippen LogP contribution < -0.4 is 0 Å². The summed E-state index contributed by atoms with van der Waals surface area (Å²) < 4.78 is 0. The maximum atomic E-state index is 12.0. The van der Waals surface area contributed by atoms with E-state index < -0.39 is 17.0 Å². The standard InChI is InChI=1S/C20H30O3.2Ca/c1-13-11-19-9-5-14-17(2,7-4-8-18(14,3)16(21)22)15(19)6-10-20(13,23)12-19;;/h14-15,23H,1,4-12H2,2-3H3,(H,21,22);;/q;2*+2/t14-,15-,17+,18+,19+,20-;;/m0../s1. The third-order valence-electron chi connectivity index (χ3n) is 8.65. The Morgan fingerprint density at radius 3 is 2.36 bits per heavy atom. The molecule has 0 amide bonds. The predicted molar refractivity (Wildman–Crippen MR) is 100 cm³/mol. The van der Waals surface area contributed by atoms with Crippen molar-refractivity contribution >= 4 is 81.4 Å². The Morgan fingerprint density at radius 1 is 1.08 bits per heavy atom. The summed E-state index contributed by atoms with van der Waals surface area (Å²) in [5.74, 6) is 0.219. The monoisotopic (exact) mass is 398 g/mol. The summed E-state index contributed by atoms with van der Waals surface area (Å²) in [7, 11) is 0. The number of hydrogen-bond donors (Lipinski definition) is 2. The van der Waals surface area contributed by atoms with Gasteiger partial charge in [-0.05, 0) is 86.5 Å². The normalized spacial score (nSPS) is 50.8. The number of carboxylic acid groups (broad SMARTS) is 1. The van der Waals surface area contributed by atoms with E-state index in [2.05, 4.69) is 13.5 Å². The molecule has 4 aliphatic carbocycles. The van der Waals surface area contributed by atoms with Crippen LogP contribution in [0.2, 0.25) is 0 Å². The molecule has 1 spiro atoms. The topological polar surface area (TPSA) is 57.5 Å². The summed E-state index contributed by atoms with van der Waals surface area (Å²) in [5, 5.41) is 20.8. The van der Waals surface area contributed by atoms with Gasteiger partial charge in [0.15, 0.2) is 0 Å². The number of aliphatic hydroxyl groups is 1. The van der Waals surface area contributed by atoms with Gasteiger partial charge in [-0.3, -0.25) is 4.79 Å². The van der Waals surface area contributed by atoms with E-state index in [-0.39, 0.29) is 92.2 Å². The van der Waals surface area contributed by atoms with Crippen LogP contribution in [-0.4, -0.2) is 97.3 Å². The molecule has 0 aromatic heterocycles. The first-order valence-electron chi connectivity index (χ1n) is 9.30. The van der Waals surface area contributed by atoms with Crippen LogP contribution in [0, 0.1) is 28.1 Å². The first kappa shape index (κ1) is 23.0. The summed E-state index contributed by atoms with van der Waals surface area (Å²) in [6.07, 6.45) is 8.75. The van der Waals surface area contributed by atoms with E-state index >= 15 is 0 Å². The Balaban J connectivity index is 0.00000113. The van der Waals surface area contributed by atoms with Crippen molar-refractivity contribution < 1.29 is 15.0 Å². The summed E-state index contributed by atoms with van der Waals surface area (Å²) in [4.78, 5) is 12.0. The third kappa shape index (κ3) is 3.06. The summed E-state index contributed by atoms with van der Waals surface area (Å²) in [5.41, 5.74) is 0.128. The van der Waals surface area contributed by atoms with Gasteiger partial charge >= 0.3 is 81.4 Å². The van der Waals surface area contributed by atoms with Gasteiger partial charge < -0.3 is 10.2 Å². The summed E-state index contributed by atoms with van der Waals surface area (Å²) in [6, 6.07) is 0. The Morgan fingerprint density at radius 2 is 1.72 bits per heavy atom. The van der Waals surface area contributed by atoms with Crippen LogP contribution >= 0.6 is 0 Å². The van der Waals surface area contributed by atoms with Crippen molar-refractivity contribution in [3.8, 4) is 0 Å². The largest absolute Gasteiger partial charge is 2.00 e. The minimum Gasteiger partial charge on any atom is -0.481 e. The molecule has 0 heterocycles. The van der Waals surface area contributed by atoms with E-state index in [4.69, 9.17) is 0 Å². The molecule has 0 aliphatic heterocycles. The molecule has 128 valence electrons. The van der Waals surface area contributed by atoms with Crippen molar-refractivity contribution in [3.63, 3.8) is 0 Å². The van der Waals surface area contributed by atoms with Gasteiger partial charge in [0.25, 0.3) is 0 Å². The molecule has 0 aromatic rings. The molecule has 2 bridgehead atoms. The molecule has 5 heteroatoms. The zero-order valence-corrected chi connectivity index (χ0v) is 20.4. The maximum Gasteiger partial charge on any atom is 2.00 e. The van der Waals surface area contributed by atoms with Crippen LogP contribution in [0.15, 0.2) is 12.2 Å². The molecule has 0 radical (unpaired) electrons. The van der Waals surface area contributed by atoms with E-state index in [1.807, 2.05) is 6.92 Å². The van der Waals surface area contributed by atoms with Gasteiger partial charge in [-0.1, -0.05) is 19.9 Å². The molecule has 25 heavy (non-hydrogen) atoms. The fraction of sp³-hybridized carbons (Fsp3) is 0.850. The van der Waals surface area contributed by atoms with E-state index in [1.54, 1.807) is 0 Å². The number of carboxylic acids is 1. The minimum atomic E-state index is -0.634. The van der Waals surface area contributed by atoms with Crippen molar-refractivity contribution in [3.05, 3.63) is 12.2 Å². The predicted octanol–water partition coefficient (Wildman–Crippen LogP) is 3.39. The molecule has 4 saturated carbocycles. The first-order chi connectivity index (χ1) is 10.7. The number of hydrogen-bond acceptors (Lipinski definition) is 2. The molecule has 4 rings (SSSR count). The van der Waals surface area contributed by atoms with Crippen LogP contribution in [0.5, 0.6) is 0 Å². The van der Waals surface area contributed by atoms with Crippen molar-refractivity contribution in [2.24, 2.45) is 28.1 Å². The molecule has 4 aliphatic rings. The number of aliphatic carboxylic acids is 1. The van der Waals surface area contributed by atoms with Crippen molar-refractivity contribution in [2.75, 3.05) is 0 Å². The number of carbonyl (C=O) groups is 1. The van der Waals surface area contributed by atoms with Crippen LogP contribution in [0.25, 0.3) is 0 Å². The maximum absolute atomic E-state index is 12.0. The van der Waals surface area contributed by atoms with E-state index in [1.165, 1.54) is 0 Å². The first-order valence-corrected chi connectivity index (χ1v) is 9.30. The van der Waals surface area contributed by atoms with Gasteiger partial charge in [-0.15, -0.1) is 0 Å². The van der Waals surface area contributed by atoms with Crippen LogP contribution in [0.4, 0.5) is 0 Å². The second kappa shape index (κ2) is 7.18. The van der Waals surface area contributed by atoms with Gasteiger partial charge in [0.2, 0.25) is 0 Å². The van der Waals surface area contributed by atoms with E-state index in [9.17, 15) is 15.0 Å². The third-order valence-corrected chi connectivity index (χ3v) is 8.65. The Bertz CT molecular complexity index is 593. The van der Waals surface area contributed by atoms with Crippen molar-refractivity contribution in [1.29, 1.82) is 0 Å². The van der Waals surface area contributed by atoms with Crippen molar-refractivity contribution in [2.45, 2.75) is 77.2 Å². The van der Waals surface area contributed by atoms with E-state index in [0.29, 0.717) is 5.92 Å². The molecular formula is C20H30Ca2O3+4. The molecular weight excluding hydrogens is 368 g/mol. The number of fused-ring (bicyclic) bond motifs is 3. The zero-order chi connectivity index (χ0) is 16.7. The fourth-order valence-electron chi connectivity index (χ4n) is 7.61. The van der Waals surface area contributed by atoms with Gasteiger partial charge in [0.1, 0.15) is 0 Å². The van der Waals surface area contributed by atoms with Crippen LogP contribution in [0.3, 0.4) is 0 Å². The molecule has 0 aromatic carbocycles. The quantitative estimate of drug-likeness (QED) is 0.526. The fourth-order valence-corrected chi connectivity index (χ4v) is 7.61. The summed E-state index contributed by atoms with van der Waals surface area (Å²) in [6.45, 7) is 8.55. The Kier molecular flexibility index (Phi) is 6.60. The average Bonchev–Trinajstić information content (AvgIpc) is 2.63. The zero-order valence-electron chi connectivity index (χ0n) is 15.9. The Hall–Kier alpha value is 1.69. The average molecular weight is 399 g/mol. The second-order valence-electron chi connectivity index (χ2n) is 9.62. The van der Waals surface area contributed by atoms with Gasteiger partial charge in [0.05, 0.1) is 11.0 Å². The molecule has 3 nitrogen and oxygen atoms in total. The van der Waals surface area contributed by atoms with E-state index in [0.717, 1.165) is 63.4 Å². The SMILES string of the molecule is C=C1C[C@@]23CC[C@H]4[C@@](C)(CCC[C@@]4(C)C(=O)O)[C@@H]2CC[C@]1(O)C3.[Ca+2].[Ca+2]. The Labute approximate surface area is 211 Å². The smallest absolute Gasteiger partial charge is 0.481 e. The molecule has 4 fully saturated rings. The van der Waals surface area contributed by atoms with Crippen LogP contribution in [-0.2, 0) is 4.79 Å². The van der Waals surface area contributed by atoms with Crippen LogP contribution in [0.1, 0.15) is 71.6 Å². The van der Waals surface area contributed by atoms with Gasteiger partial charge in [0, 0.05) is 0 Å². The van der Waals surface area contributed by atoms with Crippen molar-refractivity contribution in [1.82, 2.24) is 0 Å².